The molecule has 42 aliphatic rings. The van der Waals surface area contributed by atoms with Crippen molar-refractivity contribution >= 4 is 33.6 Å². The van der Waals surface area contributed by atoms with Gasteiger partial charge in [-0.15, -0.1) is 0 Å². The van der Waals surface area contributed by atoms with E-state index in [2.05, 4.69) is 116 Å². The van der Waals surface area contributed by atoms with Crippen molar-refractivity contribution in [1.29, 1.82) is 0 Å². The molecule has 0 aromatic heterocycles. The maximum Gasteiger partial charge on any atom is 0.203 e. The molecule has 24 saturated heterocycles. The molecular weight excluding hydrogens is 1230 g/mol. The van der Waals surface area contributed by atoms with Crippen LogP contribution in [0, 0.1) is 276 Å². The molecule has 6 nitrogen and oxygen atoms in total. The fourth-order valence-electron chi connectivity index (χ4n) is 63.2. The number of allylic oxidation sites excluding steroid dienone is 4. The maximum absolute atomic E-state index is 3.99. The first-order chi connectivity index (χ1) is 49.6. The first-order valence-corrected chi connectivity index (χ1v) is 47.0. The molecule has 41 bridgehead atoms. The number of hydrogen-bond acceptors (Lipinski definition) is 6. The first-order valence-electron chi connectivity index (χ1n) is 47.0. The van der Waals surface area contributed by atoms with E-state index >= 15 is 0 Å². The van der Waals surface area contributed by atoms with Crippen molar-refractivity contribution in [3.8, 4) is 0 Å². The van der Waals surface area contributed by atoms with Crippen molar-refractivity contribution in [3.63, 3.8) is 0 Å². The first kappa shape index (κ1) is 50.6. The number of nitrogens with zero attached hydrogens (tertiary/aromatic N) is 6. The minimum absolute atomic E-state index is 0.316. The van der Waals surface area contributed by atoms with Gasteiger partial charge in [0.2, 0.25) is 6.71 Å². The van der Waals surface area contributed by atoms with Gasteiger partial charge >= 0.3 is 0 Å². The molecule has 25 heterocycles. The van der Waals surface area contributed by atoms with Crippen LogP contribution in [0.2, 0.25) is 81.2 Å². The Bertz CT molecular complexity index is 5080. The van der Waals surface area contributed by atoms with E-state index in [1.807, 2.05) is 0 Å². The molecule has 16 spiro atoms. The summed E-state index contributed by atoms with van der Waals surface area (Å²) in [6.45, 7) is 45.2. The zero-order valence-electron chi connectivity index (χ0n) is 62.3. The Balaban J connectivity index is 0.732. The van der Waals surface area contributed by atoms with Crippen LogP contribution in [0.15, 0.2) is 44.9 Å². The van der Waals surface area contributed by atoms with E-state index < -0.39 is 0 Å². The van der Waals surface area contributed by atoms with Gasteiger partial charge in [0.15, 0.2) is 0 Å². The second kappa shape index (κ2) is 12.0. The van der Waals surface area contributed by atoms with Crippen LogP contribution in [-0.2, 0) is 0 Å². The van der Waals surface area contributed by atoms with Crippen molar-refractivity contribution in [1.82, 2.24) is 29.4 Å². The van der Waals surface area contributed by atoms with Gasteiger partial charge < -0.3 is 29.4 Å². The predicted molar refractivity (Wildman–Crippen MR) is 389 cm³/mol. The highest BCUT2D eigenvalue weighted by atomic mass is 15.4. The highest BCUT2D eigenvalue weighted by Gasteiger charge is 3.15. The minimum Gasteiger partial charge on any atom is -0.346 e. The summed E-state index contributed by atoms with van der Waals surface area (Å²) >= 11 is 0. The zero-order valence-corrected chi connectivity index (χ0v) is 62.3. The minimum atomic E-state index is 0.316. The monoisotopic (exact) mass is 1340 g/mol. The van der Waals surface area contributed by atoms with Gasteiger partial charge in [0.25, 0.3) is 0 Å². The van der Waals surface area contributed by atoms with E-state index in [1.165, 1.54) is 91.6 Å². The molecule has 0 radical (unpaired) electrons. The van der Waals surface area contributed by atoms with E-state index in [-0.39, 0.29) is 0 Å². The lowest BCUT2D eigenvalue weighted by Gasteiger charge is -3.04. The largest absolute Gasteiger partial charge is 0.346 e. The van der Waals surface area contributed by atoms with Gasteiger partial charge in [-0.2, -0.15) is 0 Å². The Labute approximate surface area is 606 Å². The Kier molecular flexibility index (Phi) is 5.95. The molecule has 0 aromatic rings. The molecule has 53 unspecified atom stereocenters. The lowest BCUT2D eigenvalue weighted by Crippen LogP contribution is -3.05. The Hall–Kier alpha value is -1.28. The van der Waals surface area contributed by atoms with Crippen molar-refractivity contribution in [3.05, 3.63) is 44.9 Å². The summed E-state index contributed by atoms with van der Waals surface area (Å²) in [4.78, 5) is 21.7. The number of rotatable bonds is 1. The van der Waals surface area contributed by atoms with Crippen LogP contribution < -0.4 is 0 Å². The second-order valence-corrected chi connectivity index (χ2v) is 53.2. The summed E-state index contributed by atoms with van der Waals surface area (Å²) in [6, 6.07) is 0. The van der Waals surface area contributed by atoms with Crippen LogP contribution in [0.25, 0.3) is 0 Å². The normalized spacial score (nSPS) is 85.7. The van der Waals surface area contributed by atoms with Gasteiger partial charge in [0.05, 0.1) is 0 Å². The van der Waals surface area contributed by atoms with Crippen molar-refractivity contribution < 1.29 is 0 Å². The van der Waals surface area contributed by atoms with Gasteiger partial charge in [-0.3, -0.25) is 0 Å². The van der Waals surface area contributed by atoms with Crippen molar-refractivity contribution in [2.45, 2.75) is 136 Å². The third kappa shape index (κ3) is 2.99. The Morgan fingerprint density at radius 3 is 1.88 bits per heavy atom. The molecule has 17 aliphatic carbocycles. The van der Waals surface area contributed by atoms with E-state index in [0.717, 1.165) is 222 Å². The molecule has 0 N–H and O–H groups in total. The third-order valence-electron chi connectivity index (χ3n) is 57.5. The molecule has 41 fully saturated rings. The van der Waals surface area contributed by atoms with E-state index in [0.29, 0.717) is 92.0 Å². The summed E-state index contributed by atoms with van der Waals surface area (Å²) in [6.07, 6.45) is 23.7. The molecule has 25 aliphatic heterocycles. The van der Waals surface area contributed by atoms with Crippen LogP contribution in [0.3, 0.4) is 0 Å². The standard InChI is InChI=1S/C91H105B5N6/c1-7-46-62-77-26-95-11-49-59-48-10-94-23-78(70(77)90(46)72(78)84(48,27-94)88(59,90)20-87(49,62)95)35(2)64-80-25-93-9-39-54-38-8-92-21-76(54,22-93)37(4)79(24-92)56(38)51(57(39)80)47(80)12-96(64)65(79)67-85-33-100-18-45-53-41-14-98-16-43(41)61-83(32-98)69(102(67)34-86(85)63(58(45)85)91(61,73(83)86)75(53,6)29-100)68-81-30-99-17-44-52-40-13-97-15-42(40)60-82(31-97)66(36(77)3)101(68)19-50(55(44)81)89(60,71(81)82)74(52,5)28-99/h37-63,70-73H,7-34H2,1-6H3/b64-35+,66-36+,67-65-,69-68-. The van der Waals surface area contributed by atoms with E-state index in [9.17, 15) is 0 Å². The van der Waals surface area contributed by atoms with Gasteiger partial charge in [-0.1, -0.05) is 126 Å². The molecule has 0 aromatic carbocycles. The zero-order chi connectivity index (χ0) is 63.7. The molecular formula is C91H105B5N6. The summed E-state index contributed by atoms with van der Waals surface area (Å²) in [7, 11) is 0. The lowest BCUT2D eigenvalue weighted by atomic mass is 9.00. The molecule has 514 valence electrons. The van der Waals surface area contributed by atoms with Gasteiger partial charge in [-0.25, -0.2) is 0 Å². The quantitative estimate of drug-likeness (QED) is 0.242. The van der Waals surface area contributed by atoms with Gasteiger partial charge in [0, 0.05) is 141 Å². The van der Waals surface area contributed by atoms with Crippen molar-refractivity contribution in [2.24, 2.45) is 276 Å². The Morgan fingerprint density at radius 2 is 1.08 bits per heavy atom. The van der Waals surface area contributed by atoms with Gasteiger partial charge in [-0.05, 0) is 280 Å². The molecule has 53 atom stereocenters. The topological polar surface area (TPSA) is 19.4 Å². The van der Waals surface area contributed by atoms with E-state index in [1.54, 1.807) is 88.7 Å². The van der Waals surface area contributed by atoms with Crippen LogP contribution in [0.4, 0.5) is 0 Å². The van der Waals surface area contributed by atoms with Crippen LogP contribution in [0.1, 0.15) is 54.4 Å². The fourth-order valence-corrected chi connectivity index (χ4v) is 63.2. The molecule has 0 amide bonds. The number of hydrogen-bond donors (Lipinski definition) is 0. The molecule has 11 heteroatoms. The summed E-state index contributed by atoms with van der Waals surface area (Å²) in [5.74, 6) is 31.1. The maximum atomic E-state index is 3.99. The molecule has 17 saturated carbocycles. The second-order valence-electron chi connectivity index (χ2n) is 53.2. The third-order valence-corrected chi connectivity index (χ3v) is 57.5. The summed E-state index contributed by atoms with van der Waals surface area (Å²) < 4.78 is 0. The highest BCUT2D eigenvalue weighted by molar-refractivity contribution is 6.77. The Morgan fingerprint density at radius 1 is 0.412 bits per heavy atom. The lowest BCUT2D eigenvalue weighted by molar-refractivity contribution is -0.573. The van der Waals surface area contributed by atoms with Crippen molar-refractivity contribution in [2.75, 3.05) is 91.6 Å². The number of fused-ring (bicyclic) bond motifs is 8. The van der Waals surface area contributed by atoms with Crippen LogP contribution in [-0.4, -0.2) is 155 Å². The van der Waals surface area contributed by atoms with Gasteiger partial charge in [0.1, 0.15) is 26.9 Å². The summed E-state index contributed by atoms with van der Waals surface area (Å²) in [5.41, 5.74) is 27.5. The molecule has 42 rings (SSSR count). The summed E-state index contributed by atoms with van der Waals surface area (Å²) in [5, 5.41) is 0.677. The van der Waals surface area contributed by atoms with Crippen LogP contribution >= 0.6 is 0 Å². The smallest absolute Gasteiger partial charge is 0.203 e. The molecule has 102 heavy (non-hydrogen) atoms. The fraction of sp³-hybridized carbons (Fsp3) is 0.912. The highest BCUT2D eigenvalue weighted by Crippen LogP contribution is 3.19. The van der Waals surface area contributed by atoms with Crippen LogP contribution in [0.5, 0.6) is 0 Å². The van der Waals surface area contributed by atoms with E-state index in [4.69, 9.17) is 0 Å². The average Bonchev–Trinajstić information content (AvgIpc) is 0.848. The SMILES string of the molecule is CCC1C2C34CC56C7C3CB4CC23/C(C)=C2/N4CC8C9C%10CN%11CC9(/C4=C4/N9CC%12%13C%14C%15C%16CN(CC%17(C)C%16C%16CN%18CC%16C%16C4(C%18)C%12C%16%14%17)CC%15%13/C9=C4/B9CC%12C%13C%14C%15CB(CC%16%17CB%18CC(C%15%16)C%13C4(C%18)C%17C)CC%12%14/C9=C(/C)C49CB%12CC7C5(C%12)C4C16C93)C1C23CN2CC4C(C2)C3C81C(C)(C%11)C4%10. The number of piperidine rings is 9. The average molecular weight is 1340 g/mol. The predicted octanol–water partition coefficient (Wildman–Crippen LogP) is 11.4.